The summed E-state index contributed by atoms with van der Waals surface area (Å²) in [7, 11) is 0. The summed E-state index contributed by atoms with van der Waals surface area (Å²) >= 11 is 0. The highest BCUT2D eigenvalue weighted by Gasteiger charge is 2.28. The lowest BCUT2D eigenvalue weighted by molar-refractivity contribution is -0.123. The Hall–Kier alpha value is -0.650. The first-order valence-electron chi connectivity index (χ1n) is 5.80. The van der Waals surface area contributed by atoms with Crippen LogP contribution in [0.4, 0.5) is 0 Å². The van der Waals surface area contributed by atoms with E-state index in [9.17, 15) is 9.90 Å². The number of hydrogen-bond acceptors (Lipinski definition) is 4. The summed E-state index contributed by atoms with van der Waals surface area (Å²) < 4.78 is 5.10. The minimum atomic E-state index is -0.514. The van der Waals surface area contributed by atoms with Crippen LogP contribution in [-0.4, -0.2) is 49.0 Å². The van der Waals surface area contributed by atoms with Gasteiger partial charge in [0.15, 0.2) is 0 Å². The van der Waals surface area contributed by atoms with E-state index in [1.54, 1.807) is 6.92 Å². The molecule has 0 aromatic carbocycles. The van der Waals surface area contributed by atoms with Crippen molar-refractivity contribution < 1.29 is 14.6 Å². The molecule has 1 saturated heterocycles. The Kier molecular flexibility index (Phi) is 5.18. The summed E-state index contributed by atoms with van der Waals surface area (Å²) in [6.45, 7) is 7.37. The fourth-order valence-corrected chi connectivity index (χ4v) is 1.56. The molecule has 0 aromatic heterocycles. The molecule has 3 unspecified atom stereocenters. The molecule has 0 aromatic rings. The number of carbonyl (C=O) groups excluding carboxylic acids is 1. The number of aliphatic hydroxyl groups is 1. The lowest BCUT2D eigenvalue weighted by Crippen LogP contribution is -2.50. The highest BCUT2D eigenvalue weighted by molar-refractivity contribution is 5.81. The number of aliphatic hydroxyl groups excluding tert-OH is 1. The average molecular weight is 230 g/mol. The van der Waals surface area contributed by atoms with Crippen molar-refractivity contribution in [3.05, 3.63) is 0 Å². The molecule has 0 aliphatic carbocycles. The van der Waals surface area contributed by atoms with Crippen LogP contribution in [0.15, 0.2) is 0 Å². The van der Waals surface area contributed by atoms with Gasteiger partial charge in [-0.05, 0) is 12.8 Å². The van der Waals surface area contributed by atoms with Crippen molar-refractivity contribution >= 4 is 5.91 Å². The maximum Gasteiger partial charge on any atom is 0.236 e. The lowest BCUT2D eigenvalue weighted by Gasteiger charge is -2.20. The zero-order valence-electron chi connectivity index (χ0n) is 10.2. The van der Waals surface area contributed by atoms with Gasteiger partial charge in [0, 0.05) is 6.54 Å². The van der Waals surface area contributed by atoms with E-state index >= 15 is 0 Å². The van der Waals surface area contributed by atoms with Crippen LogP contribution in [0, 0.1) is 5.92 Å². The van der Waals surface area contributed by atoms with E-state index in [0.717, 1.165) is 0 Å². The lowest BCUT2D eigenvalue weighted by atomic mass is 10.1. The predicted octanol–water partition coefficient (Wildman–Crippen LogP) is -0.504. The van der Waals surface area contributed by atoms with Crippen molar-refractivity contribution in [1.82, 2.24) is 10.6 Å². The van der Waals surface area contributed by atoms with E-state index in [2.05, 4.69) is 10.6 Å². The number of rotatable bonds is 5. The molecule has 1 rings (SSSR count). The summed E-state index contributed by atoms with van der Waals surface area (Å²) in [6.07, 6.45) is -0.514. The molecule has 3 atom stereocenters. The average Bonchev–Trinajstić information content (AvgIpc) is 2.60. The van der Waals surface area contributed by atoms with E-state index in [1.807, 2.05) is 13.8 Å². The van der Waals surface area contributed by atoms with Crippen LogP contribution >= 0.6 is 0 Å². The molecule has 94 valence electrons. The topological polar surface area (TPSA) is 70.6 Å². The van der Waals surface area contributed by atoms with Crippen molar-refractivity contribution in [2.75, 3.05) is 19.8 Å². The fraction of sp³-hybridized carbons (Fsp3) is 0.909. The van der Waals surface area contributed by atoms with Gasteiger partial charge in [0.25, 0.3) is 0 Å². The molecule has 1 amide bonds. The first-order valence-corrected chi connectivity index (χ1v) is 5.80. The van der Waals surface area contributed by atoms with Crippen LogP contribution in [-0.2, 0) is 9.53 Å². The summed E-state index contributed by atoms with van der Waals surface area (Å²) in [5, 5.41) is 15.4. The maximum absolute atomic E-state index is 11.6. The van der Waals surface area contributed by atoms with E-state index in [-0.39, 0.29) is 18.0 Å². The molecular formula is C11H22N2O3. The van der Waals surface area contributed by atoms with E-state index in [1.165, 1.54) is 0 Å². The Labute approximate surface area is 96.6 Å². The van der Waals surface area contributed by atoms with Crippen molar-refractivity contribution in [2.24, 2.45) is 5.92 Å². The molecule has 1 heterocycles. The van der Waals surface area contributed by atoms with Gasteiger partial charge in [-0.15, -0.1) is 0 Å². The summed E-state index contributed by atoms with van der Waals surface area (Å²) in [5.41, 5.74) is 0. The second kappa shape index (κ2) is 6.18. The third kappa shape index (κ3) is 4.08. The van der Waals surface area contributed by atoms with Gasteiger partial charge < -0.3 is 15.2 Å². The Morgan fingerprint density at radius 3 is 2.62 bits per heavy atom. The van der Waals surface area contributed by atoms with Gasteiger partial charge in [0.05, 0.1) is 31.4 Å². The van der Waals surface area contributed by atoms with E-state index in [4.69, 9.17) is 4.74 Å². The molecule has 3 N–H and O–H groups in total. The molecule has 0 spiro atoms. The summed E-state index contributed by atoms with van der Waals surface area (Å²) in [6, 6.07) is -0.445. The van der Waals surface area contributed by atoms with Gasteiger partial charge in [-0.1, -0.05) is 13.8 Å². The van der Waals surface area contributed by atoms with Crippen molar-refractivity contribution in [2.45, 2.75) is 39.0 Å². The highest BCUT2D eigenvalue weighted by atomic mass is 16.5. The summed E-state index contributed by atoms with van der Waals surface area (Å²) in [4.78, 5) is 11.6. The first-order chi connectivity index (χ1) is 7.50. The van der Waals surface area contributed by atoms with Gasteiger partial charge in [-0.2, -0.15) is 0 Å². The third-order valence-corrected chi connectivity index (χ3v) is 2.59. The molecule has 1 aliphatic rings. The largest absolute Gasteiger partial charge is 0.389 e. The second-order valence-corrected chi connectivity index (χ2v) is 4.74. The fourth-order valence-electron chi connectivity index (χ4n) is 1.56. The molecule has 5 heteroatoms. The van der Waals surface area contributed by atoms with Gasteiger partial charge in [-0.25, -0.2) is 0 Å². The Morgan fingerprint density at radius 1 is 1.44 bits per heavy atom. The van der Waals surface area contributed by atoms with Crippen LogP contribution in [0.5, 0.6) is 0 Å². The molecule has 1 fully saturated rings. The SMILES string of the molecule is CC(C)CNC(=O)C(C)NC1COCC1O. The number of ether oxygens (including phenoxy) is 1. The van der Waals surface area contributed by atoms with Gasteiger partial charge in [0.2, 0.25) is 5.91 Å². The Bertz CT molecular complexity index is 233. The molecule has 0 radical (unpaired) electrons. The third-order valence-electron chi connectivity index (χ3n) is 2.59. The molecule has 0 bridgehead atoms. The zero-order valence-corrected chi connectivity index (χ0v) is 10.2. The van der Waals surface area contributed by atoms with Crippen molar-refractivity contribution in [3.63, 3.8) is 0 Å². The molecular weight excluding hydrogens is 208 g/mol. The van der Waals surface area contributed by atoms with Crippen LogP contribution in [0.3, 0.4) is 0 Å². The zero-order chi connectivity index (χ0) is 12.1. The minimum Gasteiger partial charge on any atom is -0.389 e. The standard InChI is InChI=1S/C11H22N2O3/c1-7(2)4-12-11(15)8(3)13-9-5-16-6-10(9)14/h7-10,13-14H,4-6H2,1-3H3,(H,12,15). The molecule has 16 heavy (non-hydrogen) atoms. The van der Waals surface area contributed by atoms with Crippen molar-refractivity contribution in [3.8, 4) is 0 Å². The molecule has 0 saturated carbocycles. The van der Waals surface area contributed by atoms with E-state index in [0.29, 0.717) is 25.7 Å². The first kappa shape index (κ1) is 13.4. The van der Waals surface area contributed by atoms with Crippen molar-refractivity contribution in [1.29, 1.82) is 0 Å². The Morgan fingerprint density at radius 2 is 2.12 bits per heavy atom. The predicted molar refractivity (Wildman–Crippen MR) is 61.1 cm³/mol. The van der Waals surface area contributed by atoms with Crippen LogP contribution in [0.25, 0.3) is 0 Å². The molecule has 5 nitrogen and oxygen atoms in total. The summed E-state index contributed by atoms with van der Waals surface area (Å²) in [5.74, 6) is 0.407. The molecule has 1 aliphatic heterocycles. The number of carbonyl (C=O) groups is 1. The highest BCUT2D eigenvalue weighted by Crippen LogP contribution is 2.05. The number of hydrogen-bond donors (Lipinski definition) is 3. The Balaban J connectivity index is 2.28. The number of nitrogens with one attached hydrogen (secondary N) is 2. The smallest absolute Gasteiger partial charge is 0.236 e. The van der Waals surface area contributed by atoms with Crippen LogP contribution in [0.2, 0.25) is 0 Å². The normalized spacial score (nSPS) is 27.1. The van der Waals surface area contributed by atoms with Crippen LogP contribution < -0.4 is 10.6 Å². The minimum absolute atomic E-state index is 0.0344. The van der Waals surface area contributed by atoms with Crippen LogP contribution in [0.1, 0.15) is 20.8 Å². The number of amides is 1. The monoisotopic (exact) mass is 230 g/mol. The van der Waals surface area contributed by atoms with Gasteiger partial charge >= 0.3 is 0 Å². The quantitative estimate of drug-likeness (QED) is 0.595. The second-order valence-electron chi connectivity index (χ2n) is 4.74. The maximum atomic E-state index is 11.6. The van der Waals surface area contributed by atoms with Gasteiger partial charge in [-0.3, -0.25) is 10.1 Å². The van der Waals surface area contributed by atoms with Gasteiger partial charge in [0.1, 0.15) is 0 Å². The van der Waals surface area contributed by atoms with E-state index < -0.39 is 6.10 Å².